The number of phenols is 1. The molecule has 0 unspecified atom stereocenters. The van der Waals surface area contributed by atoms with Crippen molar-refractivity contribution in [3.8, 4) is 11.5 Å². The molecular weight excluding hydrogens is 338 g/mol. The number of rotatable bonds is 6. The van der Waals surface area contributed by atoms with Gasteiger partial charge in [-0.3, -0.25) is 4.79 Å². The van der Waals surface area contributed by atoms with E-state index in [4.69, 9.17) is 14.9 Å². The number of fused-ring (bicyclic) bond motifs is 1. The van der Waals surface area contributed by atoms with Gasteiger partial charge in [-0.2, -0.15) is 0 Å². The lowest BCUT2D eigenvalue weighted by molar-refractivity contribution is -0.120. The molecule has 3 N–H and O–H groups in total. The number of methoxy groups -OCH3 is 1. The van der Waals surface area contributed by atoms with E-state index in [-0.39, 0.29) is 30.2 Å². The maximum atomic E-state index is 12.5. The highest BCUT2D eigenvalue weighted by molar-refractivity contribution is 5.85. The summed E-state index contributed by atoms with van der Waals surface area (Å²) >= 11 is 0. The van der Waals surface area contributed by atoms with Gasteiger partial charge in [0, 0.05) is 36.2 Å². The van der Waals surface area contributed by atoms with Gasteiger partial charge in [0.2, 0.25) is 0 Å². The number of nitrogen functional groups attached to an aromatic ring is 1. The van der Waals surface area contributed by atoms with Gasteiger partial charge in [0.15, 0.2) is 11.5 Å². The molecule has 0 aliphatic carbocycles. The minimum atomic E-state index is -0.533. The lowest BCUT2D eigenvalue weighted by atomic mass is 9.98. The predicted octanol–water partition coefficient (Wildman–Crippen LogP) is 2.35. The summed E-state index contributed by atoms with van der Waals surface area (Å²) in [4.78, 5) is 23.1. The number of carbonyl (C=O) groups is 1. The number of hydrogen-bond donors (Lipinski definition) is 2. The summed E-state index contributed by atoms with van der Waals surface area (Å²) in [5.41, 5.74) is 7.90. The van der Waals surface area contributed by atoms with Crippen LogP contribution in [0.3, 0.4) is 0 Å². The Bertz CT molecular complexity index is 1020. The molecule has 0 amide bonds. The van der Waals surface area contributed by atoms with E-state index in [1.54, 1.807) is 18.2 Å². The fourth-order valence-corrected chi connectivity index (χ4v) is 2.86. The van der Waals surface area contributed by atoms with Gasteiger partial charge in [-0.1, -0.05) is 12.1 Å². The molecule has 0 fully saturated rings. The maximum absolute atomic E-state index is 12.5. The van der Waals surface area contributed by atoms with Crippen molar-refractivity contribution in [2.45, 2.75) is 13.0 Å². The number of aromatic hydroxyl groups is 1. The molecule has 3 rings (SSSR count). The van der Waals surface area contributed by atoms with Crippen molar-refractivity contribution in [1.82, 2.24) is 0 Å². The summed E-state index contributed by atoms with van der Waals surface area (Å²) in [5.74, 6) is -0.340. The van der Waals surface area contributed by atoms with Crippen molar-refractivity contribution in [3.05, 3.63) is 63.5 Å². The molecule has 1 heterocycles. The van der Waals surface area contributed by atoms with E-state index in [0.29, 0.717) is 28.6 Å². The molecule has 1 aromatic heterocycles. The number of hydrogen-bond acceptors (Lipinski definition) is 7. The average molecular weight is 355 g/mol. The van der Waals surface area contributed by atoms with E-state index in [1.165, 1.54) is 19.2 Å². The van der Waals surface area contributed by atoms with Crippen LogP contribution >= 0.6 is 0 Å². The fourth-order valence-electron chi connectivity index (χ4n) is 2.86. The SMILES string of the molecule is COCc1c(Cc2cccc(N)c2)c(=O)oc2cc(OC=O)c(O)cc12. The zero-order valence-corrected chi connectivity index (χ0v) is 14.0. The average Bonchev–Trinajstić information content (AvgIpc) is 2.60. The van der Waals surface area contributed by atoms with Crippen molar-refractivity contribution in [3.63, 3.8) is 0 Å². The maximum Gasteiger partial charge on any atom is 0.340 e. The number of anilines is 1. The molecule has 0 aliphatic rings. The highest BCUT2D eigenvalue weighted by Gasteiger charge is 2.18. The van der Waals surface area contributed by atoms with Gasteiger partial charge in [-0.15, -0.1) is 0 Å². The van der Waals surface area contributed by atoms with Gasteiger partial charge in [-0.05, 0) is 29.3 Å². The third-order valence-electron chi connectivity index (χ3n) is 4.00. The molecular formula is C19H17NO6. The summed E-state index contributed by atoms with van der Waals surface area (Å²) in [7, 11) is 1.51. The first kappa shape index (κ1) is 17.5. The van der Waals surface area contributed by atoms with E-state index >= 15 is 0 Å². The van der Waals surface area contributed by atoms with Crippen LogP contribution in [0.5, 0.6) is 11.5 Å². The van der Waals surface area contributed by atoms with Crippen molar-refractivity contribution < 1.29 is 23.8 Å². The Morgan fingerprint density at radius 1 is 1.23 bits per heavy atom. The van der Waals surface area contributed by atoms with E-state index in [0.717, 1.165) is 5.56 Å². The van der Waals surface area contributed by atoms with E-state index in [1.807, 2.05) is 6.07 Å². The summed E-state index contributed by atoms with van der Waals surface area (Å²) in [6, 6.07) is 9.87. The Labute approximate surface area is 148 Å². The second kappa shape index (κ2) is 7.28. The van der Waals surface area contributed by atoms with Crippen LogP contribution in [0.15, 0.2) is 45.6 Å². The number of carbonyl (C=O) groups excluding carboxylic acids is 1. The molecule has 0 aliphatic heterocycles. The van der Waals surface area contributed by atoms with Crippen LogP contribution in [0.1, 0.15) is 16.7 Å². The molecule has 0 radical (unpaired) electrons. The van der Waals surface area contributed by atoms with Gasteiger partial charge >= 0.3 is 5.63 Å². The first-order valence-electron chi connectivity index (χ1n) is 7.78. The fraction of sp³-hybridized carbons (Fsp3) is 0.158. The molecule has 0 spiro atoms. The highest BCUT2D eigenvalue weighted by atomic mass is 16.5. The number of benzene rings is 2. The van der Waals surface area contributed by atoms with Crippen LogP contribution in [-0.2, 0) is 22.6 Å². The van der Waals surface area contributed by atoms with Crippen LogP contribution < -0.4 is 16.1 Å². The number of phenolic OH excluding ortho intramolecular Hbond substituents is 1. The van der Waals surface area contributed by atoms with Crippen LogP contribution in [-0.4, -0.2) is 18.7 Å². The van der Waals surface area contributed by atoms with Crippen molar-refractivity contribution in [1.29, 1.82) is 0 Å². The Balaban J connectivity index is 2.20. The largest absolute Gasteiger partial charge is 0.504 e. The number of nitrogens with two attached hydrogens (primary N) is 1. The Morgan fingerprint density at radius 2 is 2.04 bits per heavy atom. The summed E-state index contributed by atoms with van der Waals surface area (Å²) in [6.07, 6.45) is 0.301. The minimum Gasteiger partial charge on any atom is -0.504 e. The second-order valence-corrected chi connectivity index (χ2v) is 5.73. The third-order valence-corrected chi connectivity index (χ3v) is 4.00. The molecule has 3 aromatic rings. The van der Waals surface area contributed by atoms with Crippen LogP contribution in [0, 0.1) is 0 Å². The molecule has 26 heavy (non-hydrogen) atoms. The summed E-state index contributed by atoms with van der Waals surface area (Å²) in [6.45, 7) is 0.330. The molecule has 2 aromatic carbocycles. The van der Waals surface area contributed by atoms with Crippen LogP contribution in [0.4, 0.5) is 5.69 Å². The molecule has 0 atom stereocenters. The van der Waals surface area contributed by atoms with Crippen molar-refractivity contribution in [2.75, 3.05) is 12.8 Å². The van der Waals surface area contributed by atoms with Gasteiger partial charge < -0.3 is 24.7 Å². The highest BCUT2D eigenvalue weighted by Crippen LogP contribution is 2.33. The molecule has 134 valence electrons. The van der Waals surface area contributed by atoms with Crippen LogP contribution in [0.2, 0.25) is 0 Å². The van der Waals surface area contributed by atoms with Crippen molar-refractivity contribution in [2.24, 2.45) is 0 Å². The molecule has 0 bridgehead atoms. The normalized spacial score (nSPS) is 10.8. The lowest BCUT2D eigenvalue weighted by Crippen LogP contribution is -2.13. The van der Waals surface area contributed by atoms with Crippen molar-refractivity contribution >= 4 is 23.1 Å². The Hall–Kier alpha value is -3.32. The van der Waals surface area contributed by atoms with E-state index in [9.17, 15) is 14.7 Å². The lowest BCUT2D eigenvalue weighted by Gasteiger charge is -2.12. The second-order valence-electron chi connectivity index (χ2n) is 5.73. The van der Waals surface area contributed by atoms with E-state index in [2.05, 4.69) is 4.74 Å². The Kier molecular flexibility index (Phi) is 4.90. The molecule has 0 saturated heterocycles. The monoisotopic (exact) mass is 355 g/mol. The quantitative estimate of drug-likeness (QED) is 0.396. The topological polar surface area (TPSA) is 112 Å². The smallest absolute Gasteiger partial charge is 0.340 e. The zero-order valence-electron chi connectivity index (χ0n) is 14.0. The van der Waals surface area contributed by atoms with E-state index < -0.39 is 5.63 Å². The predicted molar refractivity (Wildman–Crippen MR) is 95.2 cm³/mol. The van der Waals surface area contributed by atoms with Gasteiger partial charge in [-0.25, -0.2) is 4.79 Å². The first-order chi connectivity index (χ1) is 12.5. The first-order valence-corrected chi connectivity index (χ1v) is 7.78. The standard InChI is InChI=1S/C19H17NO6/c1-24-9-15-13-7-16(22)18(25-10-21)8-17(13)26-19(23)14(15)6-11-3-2-4-12(20)5-11/h2-5,7-8,10,22H,6,9,20H2,1H3. The van der Waals surface area contributed by atoms with Gasteiger partial charge in [0.05, 0.1) is 6.61 Å². The summed E-state index contributed by atoms with van der Waals surface area (Å²) < 4.78 is 15.3. The van der Waals surface area contributed by atoms with Gasteiger partial charge in [0.25, 0.3) is 6.47 Å². The number of ether oxygens (including phenoxy) is 2. The zero-order chi connectivity index (χ0) is 18.7. The minimum absolute atomic E-state index is 0.0948. The third kappa shape index (κ3) is 3.38. The molecule has 7 heteroatoms. The summed E-state index contributed by atoms with van der Waals surface area (Å²) in [5, 5.41) is 10.6. The van der Waals surface area contributed by atoms with Crippen LogP contribution in [0.25, 0.3) is 11.0 Å². The molecule has 7 nitrogen and oxygen atoms in total. The van der Waals surface area contributed by atoms with Gasteiger partial charge in [0.1, 0.15) is 5.58 Å². The molecule has 0 saturated carbocycles. The Morgan fingerprint density at radius 3 is 2.73 bits per heavy atom.